The number of carboxylic acids is 1. The predicted octanol–water partition coefficient (Wildman–Crippen LogP) is 3.53. The number of aryl methyl sites for hydroxylation is 2. The number of rotatable bonds is 3. The highest BCUT2D eigenvalue weighted by Gasteiger charge is 2.31. The van der Waals surface area contributed by atoms with E-state index in [4.69, 9.17) is 0 Å². The van der Waals surface area contributed by atoms with Crippen LogP contribution in [0.4, 0.5) is 0 Å². The second kappa shape index (κ2) is 5.96. The van der Waals surface area contributed by atoms with Crippen LogP contribution in [-0.4, -0.2) is 29.1 Å². The molecule has 1 atom stereocenters. The minimum Gasteiger partial charge on any atom is -0.480 e. The summed E-state index contributed by atoms with van der Waals surface area (Å²) in [5.41, 5.74) is 5.65. The Labute approximate surface area is 121 Å². The van der Waals surface area contributed by atoms with E-state index in [0.29, 0.717) is 0 Å². The van der Waals surface area contributed by atoms with Crippen LogP contribution in [0.15, 0.2) is 6.07 Å². The summed E-state index contributed by atoms with van der Waals surface area (Å²) in [5, 5.41) is 9.77. The van der Waals surface area contributed by atoms with Crippen LogP contribution < -0.4 is 0 Å². The second-order valence-corrected chi connectivity index (χ2v) is 6.01. The van der Waals surface area contributed by atoms with Crippen molar-refractivity contribution < 1.29 is 9.90 Å². The fourth-order valence-electron chi connectivity index (χ4n) is 3.30. The average molecular weight is 275 g/mol. The van der Waals surface area contributed by atoms with Crippen molar-refractivity contribution in [3.05, 3.63) is 33.9 Å². The van der Waals surface area contributed by atoms with Crippen molar-refractivity contribution in [2.24, 2.45) is 0 Å². The van der Waals surface area contributed by atoms with E-state index in [1.165, 1.54) is 17.5 Å². The van der Waals surface area contributed by atoms with E-state index in [9.17, 15) is 9.90 Å². The van der Waals surface area contributed by atoms with Crippen LogP contribution in [0.25, 0.3) is 0 Å². The van der Waals surface area contributed by atoms with Crippen LogP contribution in [0.2, 0.25) is 0 Å². The zero-order valence-corrected chi connectivity index (χ0v) is 13.0. The van der Waals surface area contributed by atoms with Gasteiger partial charge in [0.05, 0.1) is 0 Å². The first-order chi connectivity index (χ1) is 9.43. The maximum atomic E-state index is 11.9. The number of carboxylic acid groups (broad SMARTS) is 1. The van der Waals surface area contributed by atoms with Gasteiger partial charge in [-0.1, -0.05) is 12.5 Å². The smallest absolute Gasteiger partial charge is 0.325 e. The lowest BCUT2D eigenvalue weighted by Gasteiger charge is -2.34. The van der Waals surface area contributed by atoms with Gasteiger partial charge >= 0.3 is 5.97 Å². The van der Waals surface area contributed by atoms with Crippen LogP contribution in [0, 0.1) is 27.7 Å². The van der Waals surface area contributed by atoms with E-state index in [0.717, 1.165) is 42.6 Å². The summed E-state index contributed by atoms with van der Waals surface area (Å²) < 4.78 is 0. The van der Waals surface area contributed by atoms with Crippen molar-refractivity contribution in [1.82, 2.24) is 4.90 Å². The molecule has 1 aromatic rings. The Morgan fingerprint density at radius 2 is 1.55 bits per heavy atom. The number of benzene rings is 1. The third-order valence-electron chi connectivity index (χ3n) is 4.69. The highest BCUT2D eigenvalue weighted by Crippen LogP contribution is 2.32. The average Bonchev–Trinajstić information content (AvgIpc) is 2.42. The molecule has 1 unspecified atom stereocenters. The van der Waals surface area contributed by atoms with E-state index in [2.05, 4.69) is 38.7 Å². The zero-order valence-electron chi connectivity index (χ0n) is 13.0. The van der Waals surface area contributed by atoms with Gasteiger partial charge in [0.25, 0.3) is 0 Å². The standard InChI is InChI=1S/C17H25NO2/c1-11-10-12(2)14(4)15(13(11)3)16(17(19)20)18-8-6-5-7-9-18/h10,16H,5-9H2,1-4H3,(H,19,20). The predicted molar refractivity (Wildman–Crippen MR) is 81.2 cm³/mol. The number of hydrogen-bond donors (Lipinski definition) is 1. The van der Waals surface area contributed by atoms with Crippen LogP contribution in [0.1, 0.15) is 53.1 Å². The van der Waals surface area contributed by atoms with E-state index in [-0.39, 0.29) is 0 Å². The third-order valence-corrected chi connectivity index (χ3v) is 4.69. The molecule has 0 bridgehead atoms. The summed E-state index contributed by atoms with van der Waals surface area (Å²) in [4.78, 5) is 14.0. The zero-order chi connectivity index (χ0) is 14.9. The Hall–Kier alpha value is -1.35. The van der Waals surface area contributed by atoms with Crippen LogP contribution in [-0.2, 0) is 4.79 Å². The van der Waals surface area contributed by atoms with Gasteiger partial charge in [-0.15, -0.1) is 0 Å². The first kappa shape index (κ1) is 15.0. The maximum Gasteiger partial charge on any atom is 0.325 e. The van der Waals surface area contributed by atoms with Gasteiger partial charge < -0.3 is 5.11 Å². The largest absolute Gasteiger partial charge is 0.480 e. The molecule has 0 radical (unpaired) electrons. The van der Waals surface area contributed by atoms with Gasteiger partial charge in [-0.05, 0) is 81.4 Å². The molecule has 1 N–H and O–H groups in total. The van der Waals surface area contributed by atoms with E-state index in [1.807, 2.05) is 0 Å². The van der Waals surface area contributed by atoms with Gasteiger partial charge in [0, 0.05) is 0 Å². The molecule has 3 nitrogen and oxygen atoms in total. The summed E-state index contributed by atoms with van der Waals surface area (Å²) in [5.74, 6) is -0.719. The minimum atomic E-state index is -0.719. The Morgan fingerprint density at radius 3 is 2.00 bits per heavy atom. The van der Waals surface area contributed by atoms with Crippen molar-refractivity contribution in [3.8, 4) is 0 Å². The molecule has 0 amide bonds. The van der Waals surface area contributed by atoms with Crippen LogP contribution in [0.5, 0.6) is 0 Å². The molecule has 0 spiro atoms. The number of nitrogens with zero attached hydrogens (tertiary/aromatic N) is 1. The van der Waals surface area contributed by atoms with Gasteiger partial charge in [0.15, 0.2) is 0 Å². The van der Waals surface area contributed by atoms with Gasteiger partial charge in [-0.2, -0.15) is 0 Å². The summed E-state index contributed by atoms with van der Waals surface area (Å²) >= 11 is 0. The van der Waals surface area contributed by atoms with Crippen molar-refractivity contribution in [3.63, 3.8) is 0 Å². The molecule has 1 saturated heterocycles. The second-order valence-electron chi connectivity index (χ2n) is 6.01. The number of likely N-dealkylation sites (tertiary alicyclic amines) is 1. The molecular formula is C17H25NO2. The van der Waals surface area contributed by atoms with Gasteiger partial charge in [0.2, 0.25) is 0 Å². The Kier molecular flexibility index (Phi) is 4.48. The number of hydrogen-bond acceptors (Lipinski definition) is 2. The number of piperidine rings is 1. The molecule has 1 heterocycles. The van der Waals surface area contributed by atoms with Crippen molar-refractivity contribution >= 4 is 5.97 Å². The van der Waals surface area contributed by atoms with Gasteiger partial charge in [-0.3, -0.25) is 9.69 Å². The van der Waals surface area contributed by atoms with Crippen LogP contribution in [0.3, 0.4) is 0 Å². The molecule has 1 aromatic carbocycles. The molecule has 110 valence electrons. The topological polar surface area (TPSA) is 40.5 Å². The molecule has 3 heteroatoms. The van der Waals surface area contributed by atoms with Crippen molar-refractivity contribution in [2.75, 3.05) is 13.1 Å². The normalized spacial score (nSPS) is 18.0. The highest BCUT2D eigenvalue weighted by atomic mass is 16.4. The van der Waals surface area contributed by atoms with E-state index >= 15 is 0 Å². The molecule has 0 aliphatic carbocycles. The fourth-order valence-corrected chi connectivity index (χ4v) is 3.30. The van der Waals surface area contributed by atoms with Crippen molar-refractivity contribution in [1.29, 1.82) is 0 Å². The Balaban J connectivity index is 2.51. The summed E-state index contributed by atoms with van der Waals surface area (Å²) in [6.45, 7) is 10.0. The summed E-state index contributed by atoms with van der Waals surface area (Å²) in [6.07, 6.45) is 3.42. The molecule has 2 rings (SSSR count). The SMILES string of the molecule is Cc1cc(C)c(C)c(C(C(=O)O)N2CCCCC2)c1C. The highest BCUT2D eigenvalue weighted by molar-refractivity contribution is 5.77. The van der Waals surface area contributed by atoms with E-state index in [1.54, 1.807) is 0 Å². The third kappa shape index (κ3) is 2.73. The van der Waals surface area contributed by atoms with Crippen molar-refractivity contribution in [2.45, 2.75) is 53.0 Å². The summed E-state index contributed by atoms with van der Waals surface area (Å²) in [7, 11) is 0. The molecule has 1 aliphatic rings. The maximum absolute atomic E-state index is 11.9. The Morgan fingerprint density at radius 1 is 1.05 bits per heavy atom. The van der Waals surface area contributed by atoms with Crippen LogP contribution >= 0.6 is 0 Å². The fraction of sp³-hybridized carbons (Fsp3) is 0.588. The molecule has 0 aromatic heterocycles. The molecule has 20 heavy (non-hydrogen) atoms. The number of aliphatic carboxylic acids is 1. The minimum absolute atomic E-state index is 0.492. The monoisotopic (exact) mass is 275 g/mol. The first-order valence-electron chi connectivity index (χ1n) is 7.47. The van der Waals surface area contributed by atoms with Gasteiger partial charge in [-0.25, -0.2) is 0 Å². The molecule has 0 saturated carbocycles. The first-order valence-corrected chi connectivity index (χ1v) is 7.47. The summed E-state index contributed by atoms with van der Waals surface area (Å²) in [6, 6.07) is 1.66. The van der Waals surface area contributed by atoms with Gasteiger partial charge in [0.1, 0.15) is 6.04 Å². The molecule has 1 fully saturated rings. The lowest BCUT2D eigenvalue weighted by atomic mass is 9.88. The molecule has 1 aliphatic heterocycles. The number of carbonyl (C=O) groups is 1. The lowest BCUT2D eigenvalue weighted by molar-refractivity contribution is -0.144. The lowest BCUT2D eigenvalue weighted by Crippen LogP contribution is -2.38. The quantitative estimate of drug-likeness (QED) is 0.917. The molecular weight excluding hydrogens is 250 g/mol. The Bertz CT molecular complexity index is 490. The van der Waals surface area contributed by atoms with E-state index < -0.39 is 12.0 Å².